The van der Waals surface area contributed by atoms with Crippen LogP contribution in [-0.4, -0.2) is 11.3 Å². The summed E-state index contributed by atoms with van der Waals surface area (Å²) in [6, 6.07) is 1.61. The number of pyridine rings is 1. The average Bonchev–Trinajstić information content (AvgIpc) is 2.11. The van der Waals surface area contributed by atoms with E-state index in [0.29, 0.717) is 15.7 Å². The Morgan fingerprint density at radius 2 is 2.31 bits per heavy atom. The first-order chi connectivity index (χ1) is 6.24. The molecule has 1 aromatic heterocycles. The summed E-state index contributed by atoms with van der Waals surface area (Å²) in [6.07, 6.45) is 2.34. The lowest BCUT2D eigenvalue weighted by atomic mass is 10.3. The first-order valence-electron chi connectivity index (χ1n) is 3.47. The lowest BCUT2D eigenvalue weighted by Crippen LogP contribution is -1.82. The van der Waals surface area contributed by atoms with Crippen LogP contribution in [0, 0.1) is 11.8 Å². The fourth-order valence-corrected chi connectivity index (χ4v) is 1.01. The zero-order valence-electron chi connectivity index (χ0n) is 6.55. The van der Waals surface area contributed by atoms with Gasteiger partial charge in [-0.3, -0.25) is 0 Å². The molecule has 0 aliphatic rings. The van der Waals surface area contributed by atoms with Crippen LogP contribution in [0.4, 0.5) is 0 Å². The van der Waals surface area contributed by atoms with E-state index >= 15 is 0 Å². The second-order valence-electron chi connectivity index (χ2n) is 2.16. The molecule has 0 aliphatic carbocycles. The van der Waals surface area contributed by atoms with E-state index in [0.717, 1.165) is 6.29 Å². The molecule has 0 saturated heterocycles. The summed E-state index contributed by atoms with van der Waals surface area (Å²) >= 11 is 11.4. The van der Waals surface area contributed by atoms with Crippen molar-refractivity contribution in [1.82, 2.24) is 4.98 Å². The third-order valence-electron chi connectivity index (χ3n) is 1.21. The normalized spacial score (nSPS) is 8.77. The summed E-state index contributed by atoms with van der Waals surface area (Å²) in [4.78, 5) is 13.8. The Balaban J connectivity index is 2.95. The van der Waals surface area contributed by atoms with E-state index in [2.05, 4.69) is 16.8 Å². The quantitative estimate of drug-likeness (QED) is 0.408. The van der Waals surface area contributed by atoms with Crippen LogP contribution in [0.15, 0.2) is 12.3 Å². The van der Waals surface area contributed by atoms with E-state index in [4.69, 9.17) is 23.2 Å². The van der Waals surface area contributed by atoms with Crippen molar-refractivity contribution in [3.05, 3.63) is 28.0 Å². The number of carbonyl (C=O) groups is 1. The van der Waals surface area contributed by atoms with Gasteiger partial charge in [-0.05, 0) is 6.07 Å². The van der Waals surface area contributed by atoms with Crippen LogP contribution < -0.4 is 0 Å². The molecule has 0 N–H and O–H groups in total. The number of aldehydes is 1. The summed E-state index contributed by atoms with van der Waals surface area (Å²) in [7, 11) is 0. The highest BCUT2D eigenvalue weighted by atomic mass is 35.5. The second-order valence-corrected chi connectivity index (χ2v) is 2.96. The lowest BCUT2D eigenvalue weighted by Gasteiger charge is -1.94. The fourth-order valence-electron chi connectivity index (χ4n) is 0.698. The molecular weight excluding hydrogens is 209 g/mol. The van der Waals surface area contributed by atoms with Crippen LogP contribution in [0.2, 0.25) is 10.2 Å². The van der Waals surface area contributed by atoms with Gasteiger partial charge in [0.25, 0.3) is 0 Å². The Hall–Kier alpha value is -1.04. The zero-order valence-corrected chi connectivity index (χ0v) is 8.06. The summed E-state index contributed by atoms with van der Waals surface area (Å²) in [5, 5.41) is 0.766. The zero-order chi connectivity index (χ0) is 9.68. The Kier molecular flexibility index (Phi) is 3.75. The maximum Gasteiger partial charge on any atom is 0.144 e. The first-order valence-corrected chi connectivity index (χ1v) is 4.23. The largest absolute Gasteiger partial charge is 0.302 e. The van der Waals surface area contributed by atoms with Crippen LogP contribution in [0.3, 0.4) is 0 Å². The summed E-state index contributed by atoms with van der Waals surface area (Å²) < 4.78 is 0. The van der Waals surface area contributed by atoms with E-state index in [1.165, 1.54) is 6.20 Å². The fraction of sp³-hybridized carbons (Fsp3) is 0.111. The van der Waals surface area contributed by atoms with E-state index in [9.17, 15) is 4.79 Å². The molecule has 0 aliphatic heterocycles. The van der Waals surface area contributed by atoms with E-state index in [1.807, 2.05) is 0 Å². The number of aromatic nitrogens is 1. The molecule has 0 aromatic carbocycles. The second kappa shape index (κ2) is 4.86. The Labute approximate surface area is 85.9 Å². The Morgan fingerprint density at radius 1 is 1.54 bits per heavy atom. The minimum atomic E-state index is 0.183. The SMILES string of the molecule is O=CCC#Cc1cc(Cl)cnc1Cl. The minimum Gasteiger partial charge on any atom is -0.302 e. The number of hydrogen-bond donors (Lipinski definition) is 0. The number of halogens is 2. The molecule has 0 amide bonds. The van der Waals surface area contributed by atoms with E-state index in [-0.39, 0.29) is 6.42 Å². The maximum atomic E-state index is 9.97. The monoisotopic (exact) mass is 213 g/mol. The van der Waals surface area contributed by atoms with Crippen molar-refractivity contribution in [2.24, 2.45) is 0 Å². The van der Waals surface area contributed by atoms with Crippen LogP contribution in [-0.2, 0) is 4.79 Å². The molecule has 2 nitrogen and oxygen atoms in total. The van der Waals surface area contributed by atoms with Crippen molar-refractivity contribution in [3.8, 4) is 11.8 Å². The summed E-state index contributed by atoms with van der Waals surface area (Å²) in [5.74, 6) is 5.31. The molecule has 0 radical (unpaired) electrons. The van der Waals surface area contributed by atoms with Crippen molar-refractivity contribution in [2.45, 2.75) is 6.42 Å². The molecule has 0 spiro atoms. The van der Waals surface area contributed by atoms with E-state index in [1.54, 1.807) is 6.07 Å². The molecule has 1 heterocycles. The van der Waals surface area contributed by atoms with Crippen molar-refractivity contribution in [2.75, 3.05) is 0 Å². The molecule has 66 valence electrons. The van der Waals surface area contributed by atoms with Gasteiger partial charge in [0.1, 0.15) is 11.4 Å². The number of nitrogens with zero attached hydrogens (tertiary/aromatic N) is 1. The topological polar surface area (TPSA) is 30.0 Å². The van der Waals surface area contributed by atoms with Gasteiger partial charge in [-0.15, -0.1) is 0 Å². The first kappa shape index (κ1) is 10.0. The molecular formula is C9H5Cl2NO. The van der Waals surface area contributed by atoms with Gasteiger partial charge in [-0.2, -0.15) is 0 Å². The average molecular weight is 214 g/mol. The molecule has 1 aromatic rings. The van der Waals surface area contributed by atoms with Crippen molar-refractivity contribution in [3.63, 3.8) is 0 Å². The van der Waals surface area contributed by atoms with Gasteiger partial charge in [0.05, 0.1) is 17.0 Å². The van der Waals surface area contributed by atoms with Crippen molar-refractivity contribution < 1.29 is 4.79 Å². The number of rotatable bonds is 1. The van der Waals surface area contributed by atoms with Gasteiger partial charge in [0, 0.05) is 6.20 Å². The minimum absolute atomic E-state index is 0.183. The predicted molar refractivity (Wildman–Crippen MR) is 51.8 cm³/mol. The molecule has 0 unspecified atom stereocenters. The molecule has 1 rings (SSSR count). The highest BCUT2D eigenvalue weighted by molar-refractivity contribution is 6.32. The van der Waals surface area contributed by atoms with Gasteiger partial charge in [-0.1, -0.05) is 35.0 Å². The standard InChI is InChI=1S/C9H5Cl2NO/c10-8-5-7(3-1-2-4-13)9(11)12-6-8/h4-6H,2H2. The molecule has 0 saturated carbocycles. The number of carbonyl (C=O) groups excluding carboxylic acids is 1. The van der Waals surface area contributed by atoms with Gasteiger partial charge < -0.3 is 4.79 Å². The summed E-state index contributed by atoms with van der Waals surface area (Å²) in [6.45, 7) is 0. The van der Waals surface area contributed by atoms with Gasteiger partial charge in [0.15, 0.2) is 0 Å². The molecule has 0 fully saturated rings. The third kappa shape index (κ3) is 3.06. The van der Waals surface area contributed by atoms with Crippen LogP contribution in [0.5, 0.6) is 0 Å². The van der Waals surface area contributed by atoms with Crippen molar-refractivity contribution in [1.29, 1.82) is 0 Å². The number of hydrogen-bond acceptors (Lipinski definition) is 2. The Morgan fingerprint density at radius 3 is 3.00 bits per heavy atom. The van der Waals surface area contributed by atoms with Crippen LogP contribution >= 0.6 is 23.2 Å². The molecule has 13 heavy (non-hydrogen) atoms. The van der Waals surface area contributed by atoms with Gasteiger partial charge >= 0.3 is 0 Å². The van der Waals surface area contributed by atoms with Gasteiger partial charge in [0.2, 0.25) is 0 Å². The Bertz CT molecular complexity index is 379. The molecule has 4 heteroatoms. The van der Waals surface area contributed by atoms with Crippen molar-refractivity contribution >= 4 is 29.5 Å². The smallest absolute Gasteiger partial charge is 0.144 e. The lowest BCUT2D eigenvalue weighted by molar-refractivity contribution is -0.107. The van der Waals surface area contributed by atoms with Gasteiger partial charge in [-0.25, -0.2) is 4.98 Å². The van der Waals surface area contributed by atoms with Crippen LogP contribution in [0.1, 0.15) is 12.0 Å². The summed E-state index contributed by atoms with van der Waals surface area (Å²) in [5.41, 5.74) is 0.538. The highest BCUT2D eigenvalue weighted by Crippen LogP contribution is 2.16. The third-order valence-corrected chi connectivity index (χ3v) is 1.72. The maximum absolute atomic E-state index is 9.97. The molecule has 0 atom stereocenters. The predicted octanol–water partition coefficient (Wildman–Crippen LogP) is 2.33. The molecule has 0 bridgehead atoms. The van der Waals surface area contributed by atoms with Crippen LogP contribution in [0.25, 0.3) is 0 Å². The van der Waals surface area contributed by atoms with E-state index < -0.39 is 0 Å². The highest BCUT2D eigenvalue weighted by Gasteiger charge is 1.98.